The van der Waals surface area contributed by atoms with Crippen molar-refractivity contribution in [3.05, 3.63) is 21.3 Å². The highest BCUT2D eigenvalue weighted by atomic mass is 35.5. The average molecular weight is 317 g/mol. The Kier molecular flexibility index (Phi) is 6.30. The zero-order valence-electron chi connectivity index (χ0n) is 12.4. The molecule has 0 saturated carbocycles. The van der Waals surface area contributed by atoms with Crippen molar-refractivity contribution in [3.63, 3.8) is 0 Å². The summed E-state index contributed by atoms with van der Waals surface area (Å²) in [6.45, 7) is 7.06. The Morgan fingerprint density at radius 1 is 1.45 bits per heavy atom. The molecule has 0 bridgehead atoms. The van der Waals surface area contributed by atoms with Crippen molar-refractivity contribution < 1.29 is 5.11 Å². The molecule has 1 fully saturated rings. The van der Waals surface area contributed by atoms with E-state index >= 15 is 0 Å². The summed E-state index contributed by atoms with van der Waals surface area (Å²) < 4.78 is 0.875. The van der Waals surface area contributed by atoms with Crippen LogP contribution in [0.4, 0.5) is 0 Å². The predicted octanol–water partition coefficient (Wildman–Crippen LogP) is 2.93. The van der Waals surface area contributed by atoms with Gasteiger partial charge in [0.25, 0.3) is 0 Å². The van der Waals surface area contributed by atoms with Crippen LogP contribution in [0.1, 0.15) is 24.6 Å². The Balaban J connectivity index is 1.69. The normalized spacial score (nSPS) is 19.6. The van der Waals surface area contributed by atoms with Gasteiger partial charge in [0.05, 0.1) is 10.4 Å². The first-order chi connectivity index (χ1) is 9.52. The quantitative estimate of drug-likeness (QED) is 0.874. The molecule has 0 spiro atoms. The van der Waals surface area contributed by atoms with Crippen molar-refractivity contribution in [2.24, 2.45) is 5.92 Å². The number of hydrogen-bond acceptors (Lipinski definition) is 4. The molecule has 1 aromatic heterocycles. The van der Waals surface area contributed by atoms with Crippen LogP contribution >= 0.6 is 22.9 Å². The molecule has 1 aliphatic rings. The van der Waals surface area contributed by atoms with E-state index in [0.717, 1.165) is 43.0 Å². The Morgan fingerprint density at radius 3 is 2.70 bits per heavy atom. The molecule has 114 valence electrons. The van der Waals surface area contributed by atoms with Gasteiger partial charge in [0.2, 0.25) is 0 Å². The van der Waals surface area contributed by atoms with Crippen molar-refractivity contribution in [2.45, 2.75) is 32.4 Å². The van der Waals surface area contributed by atoms with Crippen molar-refractivity contribution in [1.82, 2.24) is 9.80 Å². The molecular formula is C15H25ClN2OS. The van der Waals surface area contributed by atoms with E-state index in [1.54, 1.807) is 11.3 Å². The maximum absolute atomic E-state index is 9.42. The molecule has 20 heavy (non-hydrogen) atoms. The fourth-order valence-electron chi connectivity index (χ4n) is 2.93. The third-order valence-electron chi connectivity index (χ3n) is 3.85. The van der Waals surface area contributed by atoms with Gasteiger partial charge in [0.15, 0.2) is 0 Å². The Morgan fingerprint density at radius 2 is 2.15 bits per heavy atom. The number of piperidine rings is 1. The number of aliphatic hydroxyl groups is 1. The first-order valence-corrected chi connectivity index (χ1v) is 8.55. The van der Waals surface area contributed by atoms with Crippen LogP contribution in [0, 0.1) is 5.92 Å². The van der Waals surface area contributed by atoms with Gasteiger partial charge in [-0.2, -0.15) is 0 Å². The van der Waals surface area contributed by atoms with Crippen molar-refractivity contribution in [1.29, 1.82) is 0 Å². The highest BCUT2D eigenvalue weighted by Gasteiger charge is 2.21. The van der Waals surface area contributed by atoms with Gasteiger partial charge in [0.1, 0.15) is 0 Å². The maximum atomic E-state index is 9.42. The van der Waals surface area contributed by atoms with Crippen LogP contribution in [-0.2, 0) is 6.54 Å². The van der Waals surface area contributed by atoms with Gasteiger partial charge in [-0.05, 0) is 58.0 Å². The summed E-state index contributed by atoms with van der Waals surface area (Å²) in [6.07, 6.45) is 2.27. The van der Waals surface area contributed by atoms with Crippen LogP contribution in [0.3, 0.4) is 0 Å². The maximum Gasteiger partial charge on any atom is 0.0931 e. The van der Waals surface area contributed by atoms with Crippen molar-refractivity contribution >= 4 is 22.9 Å². The topological polar surface area (TPSA) is 26.7 Å². The minimum absolute atomic E-state index is 0.210. The summed E-state index contributed by atoms with van der Waals surface area (Å²) in [5, 5.41) is 9.42. The van der Waals surface area contributed by atoms with Crippen molar-refractivity contribution in [2.75, 3.05) is 33.2 Å². The van der Waals surface area contributed by atoms with Gasteiger partial charge >= 0.3 is 0 Å². The number of β-amino-alcohol motifs (C(OH)–C–C–N with tert-alkyl or cyclic N) is 1. The summed E-state index contributed by atoms with van der Waals surface area (Å²) in [6, 6.07) is 4.10. The van der Waals surface area contributed by atoms with Crippen LogP contribution in [0.15, 0.2) is 12.1 Å². The monoisotopic (exact) mass is 316 g/mol. The standard InChI is InChI=1S/C15H25ClN2OS/c1-12(19)9-18-7-5-13(6-8-18)10-17(2)11-14-3-4-15(16)20-14/h3-4,12-13,19H,5-11H2,1-2H3/t12-/m1/s1. The summed E-state index contributed by atoms with van der Waals surface area (Å²) >= 11 is 7.64. The van der Waals surface area contributed by atoms with E-state index in [4.69, 9.17) is 11.6 Å². The number of hydrogen-bond donors (Lipinski definition) is 1. The second-order valence-electron chi connectivity index (χ2n) is 6.00. The molecule has 1 atom stereocenters. The molecule has 2 heterocycles. The molecule has 0 unspecified atom stereocenters. The Labute approximate surface area is 131 Å². The molecule has 5 heteroatoms. The molecule has 1 saturated heterocycles. The average Bonchev–Trinajstić information content (AvgIpc) is 2.76. The second-order valence-corrected chi connectivity index (χ2v) is 7.80. The van der Waals surface area contributed by atoms with Crippen LogP contribution < -0.4 is 0 Å². The highest BCUT2D eigenvalue weighted by Crippen LogP contribution is 2.24. The smallest absolute Gasteiger partial charge is 0.0931 e. The summed E-state index contributed by atoms with van der Waals surface area (Å²) in [4.78, 5) is 6.11. The minimum atomic E-state index is -0.210. The molecule has 1 N–H and O–H groups in total. The fraction of sp³-hybridized carbons (Fsp3) is 0.733. The molecule has 1 aromatic rings. The lowest BCUT2D eigenvalue weighted by atomic mass is 9.96. The highest BCUT2D eigenvalue weighted by molar-refractivity contribution is 7.16. The zero-order valence-corrected chi connectivity index (χ0v) is 14.0. The van der Waals surface area contributed by atoms with E-state index < -0.39 is 0 Å². The van der Waals surface area contributed by atoms with E-state index in [1.807, 2.05) is 13.0 Å². The lowest BCUT2D eigenvalue weighted by Crippen LogP contribution is -2.40. The minimum Gasteiger partial charge on any atom is -0.392 e. The molecule has 0 aliphatic carbocycles. The SMILES string of the molecule is C[C@@H](O)CN1CCC(CN(C)Cc2ccc(Cl)s2)CC1. The fourth-order valence-corrected chi connectivity index (χ4v) is 4.10. The van der Waals surface area contributed by atoms with Gasteiger partial charge < -0.3 is 14.9 Å². The molecule has 1 aliphatic heterocycles. The summed E-state index contributed by atoms with van der Waals surface area (Å²) in [5.41, 5.74) is 0. The first kappa shape index (κ1) is 16.2. The number of halogens is 1. The first-order valence-electron chi connectivity index (χ1n) is 7.36. The van der Waals surface area contributed by atoms with E-state index in [1.165, 1.54) is 17.7 Å². The number of thiophene rings is 1. The molecule has 0 aromatic carbocycles. The Hall–Kier alpha value is -0.130. The number of aliphatic hydroxyl groups excluding tert-OH is 1. The van der Waals surface area contributed by atoms with Gasteiger partial charge in [-0.15, -0.1) is 11.3 Å². The second kappa shape index (κ2) is 7.76. The van der Waals surface area contributed by atoms with Crippen LogP contribution in [0.25, 0.3) is 0 Å². The number of nitrogens with zero attached hydrogens (tertiary/aromatic N) is 2. The van der Waals surface area contributed by atoms with E-state index in [9.17, 15) is 5.11 Å². The molecule has 2 rings (SSSR count). The third kappa shape index (κ3) is 5.34. The summed E-state index contributed by atoms with van der Waals surface area (Å²) in [5.74, 6) is 0.778. The van der Waals surface area contributed by atoms with Gasteiger partial charge in [-0.3, -0.25) is 0 Å². The Bertz CT molecular complexity index is 402. The summed E-state index contributed by atoms with van der Waals surface area (Å²) in [7, 11) is 2.19. The van der Waals surface area contributed by atoms with Crippen LogP contribution in [0.2, 0.25) is 4.34 Å². The number of likely N-dealkylation sites (tertiary alicyclic amines) is 1. The molecule has 3 nitrogen and oxygen atoms in total. The lowest BCUT2D eigenvalue weighted by molar-refractivity contribution is 0.0920. The number of rotatable bonds is 6. The van der Waals surface area contributed by atoms with Crippen LogP contribution in [-0.4, -0.2) is 54.2 Å². The van der Waals surface area contributed by atoms with Crippen LogP contribution in [0.5, 0.6) is 0 Å². The van der Waals surface area contributed by atoms with Gasteiger partial charge in [-0.1, -0.05) is 11.6 Å². The molecule has 0 amide bonds. The van der Waals surface area contributed by atoms with E-state index in [-0.39, 0.29) is 6.10 Å². The zero-order chi connectivity index (χ0) is 14.5. The largest absolute Gasteiger partial charge is 0.392 e. The predicted molar refractivity (Wildman–Crippen MR) is 86.5 cm³/mol. The van der Waals surface area contributed by atoms with E-state index in [2.05, 4.69) is 22.9 Å². The molecular weight excluding hydrogens is 292 g/mol. The third-order valence-corrected chi connectivity index (χ3v) is 5.07. The van der Waals surface area contributed by atoms with Gasteiger partial charge in [-0.25, -0.2) is 0 Å². The van der Waals surface area contributed by atoms with Crippen molar-refractivity contribution in [3.8, 4) is 0 Å². The lowest BCUT2D eigenvalue weighted by Gasteiger charge is -2.34. The molecule has 0 radical (unpaired) electrons. The van der Waals surface area contributed by atoms with Gasteiger partial charge in [0, 0.05) is 24.5 Å². The van der Waals surface area contributed by atoms with E-state index in [0.29, 0.717) is 0 Å².